The second kappa shape index (κ2) is 6.29. The Kier molecular flexibility index (Phi) is 4.22. The Morgan fingerprint density at radius 3 is 2.68 bits per heavy atom. The van der Waals surface area contributed by atoms with Crippen molar-refractivity contribution in [3.05, 3.63) is 42.6 Å². The van der Waals surface area contributed by atoms with E-state index in [0.717, 1.165) is 18.8 Å². The van der Waals surface area contributed by atoms with E-state index < -0.39 is 5.60 Å². The molecule has 2 aromatic rings. The number of rotatable bonds is 4. The van der Waals surface area contributed by atoms with Gasteiger partial charge in [0, 0.05) is 19.4 Å². The number of ether oxygens (including phenoxy) is 1. The molecule has 2 heterocycles. The zero-order valence-corrected chi connectivity index (χ0v) is 12.6. The monoisotopic (exact) mass is 300 g/mol. The number of amides is 1. The third-order valence-corrected chi connectivity index (χ3v) is 4.07. The number of carbonyl (C=O) groups excluding carboxylic acids is 1. The summed E-state index contributed by atoms with van der Waals surface area (Å²) in [5.41, 5.74) is 0.188. The molecule has 1 aliphatic heterocycles. The van der Waals surface area contributed by atoms with Gasteiger partial charge in [-0.25, -0.2) is 4.68 Å². The van der Waals surface area contributed by atoms with E-state index in [4.69, 9.17) is 4.74 Å². The number of anilines is 1. The van der Waals surface area contributed by atoms with E-state index >= 15 is 0 Å². The Morgan fingerprint density at radius 2 is 2.00 bits per heavy atom. The summed E-state index contributed by atoms with van der Waals surface area (Å²) in [6.07, 6.45) is 3.15. The predicted molar refractivity (Wildman–Crippen MR) is 84.0 cm³/mol. The number of hydrogen-bond donors (Lipinski definition) is 2. The second-order valence-electron chi connectivity index (χ2n) is 5.38. The lowest BCUT2D eigenvalue weighted by molar-refractivity contribution is -0.140. The van der Waals surface area contributed by atoms with E-state index in [2.05, 4.69) is 15.7 Å². The SMILES string of the molecule is COC1(C(=O)Nc2ccn(-c3ccccc3)n2)CCNCC1. The van der Waals surface area contributed by atoms with E-state index in [1.165, 1.54) is 0 Å². The molecule has 0 atom stereocenters. The fraction of sp³-hybridized carbons (Fsp3) is 0.375. The van der Waals surface area contributed by atoms with Crippen LogP contribution in [-0.4, -0.2) is 41.5 Å². The van der Waals surface area contributed by atoms with Crippen molar-refractivity contribution >= 4 is 11.7 Å². The zero-order valence-electron chi connectivity index (χ0n) is 12.6. The zero-order chi connectivity index (χ0) is 15.4. The van der Waals surface area contributed by atoms with E-state index in [0.29, 0.717) is 18.7 Å². The lowest BCUT2D eigenvalue weighted by atomic mass is 9.91. The fourth-order valence-electron chi connectivity index (χ4n) is 2.70. The third kappa shape index (κ3) is 2.88. The van der Waals surface area contributed by atoms with Crippen molar-refractivity contribution in [1.29, 1.82) is 0 Å². The Hall–Kier alpha value is -2.18. The first-order valence-electron chi connectivity index (χ1n) is 7.42. The van der Waals surface area contributed by atoms with Crippen LogP contribution in [0, 0.1) is 0 Å². The van der Waals surface area contributed by atoms with Gasteiger partial charge < -0.3 is 15.4 Å². The highest BCUT2D eigenvalue weighted by atomic mass is 16.5. The summed E-state index contributed by atoms with van der Waals surface area (Å²) in [6.45, 7) is 1.55. The molecule has 1 aromatic carbocycles. The lowest BCUT2D eigenvalue weighted by Gasteiger charge is -2.34. The first-order chi connectivity index (χ1) is 10.7. The number of carbonyl (C=O) groups is 1. The highest BCUT2D eigenvalue weighted by molar-refractivity contribution is 5.96. The van der Waals surface area contributed by atoms with Crippen molar-refractivity contribution < 1.29 is 9.53 Å². The Morgan fingerprint density at radius 1 is 1.27 bits per heavy atom. The Labute approximate surface area is 129 Å². The van der Waals surface area contributed by atoms with Gasteiger partial charge in [0.2, 0.25) is 0 Å². The maximum Gasteiger partial charge on any atom is 0.257 e. The van der Waals surface area contributed by atoms with Gasteiger partial charge in [-0.3, -0.25) is 4.79 Å². The van der Waals surface area contributed by atoms with Crippen LogP contribution in [0.1, 0.15) is 12.8 Å². The van der Waals surface area contributed by atoms with Crippen LogP contribution in [0.3, 0.4) is 0 Å². The number of nitrogens with one attached hydrogen (secondary N) is 2. The maximum absolute atomic E-state index is 12.6. The normalized spacial score (nSPS) is 17.1. The molecule has 0 radical (unpaired) electrons. The van der Waals surface area contributed by atoms with Gasteiger partial charge in [0.15, 0.2) is 5.82 Å². The van der Waals surface area contributed by atoms with Crippen LogP contribution in [0.15, 0.2) is 42.6 Å². The van der Waals surface area contributed by atoms with E-state index in [1.54, 1.807) is 17.9 Å². The summed E-state index contributed by atoms with van der Waals surface area (Å²) in [6, 6.07) is 11.6. The highest BCUT2D eigenvalue weighted by Crippen LogP contribution is 2.24. The van der Waals surface area contributed by atoms with Crippen molar-refractivity contribution in [3.8, 4) is 5.69 Å². The topological polar surface area (TPSA) is 68.2 Å². The van der Waals surface area contributed by atoms with Crippen LogP contribution in [-0.2, 0) is 9.53 Å². The number of piperidine rings is 1. The first kappa shape index (κ1) is 14.7. The molecule has 0 saturated carbocycles. The molecule has 116 valence electrons. The van der Waals surface area contributed by atoms with Gasteiger partial charge in [-0.1, -0.05) is 18.2 Å². The Balaban J connectivity index is 1.73. The van der Waals surface area contributed by atoms with Crippen LogP contribution in [0.5, 0.6) is 0 Å². The lowest BCUT2D eigenvalue weighted by Crippen LogP contribution is -2.51. The minimum Gasteiger partial charge on any atom is -0.368 e. The van der Waals surface area contributed by atoms with Gasteiger partial charge in [-0.2, -0.15) is 5.10 Å². The van der Waals surface area contributed by atoms with Gasteiger partial charge in [-0.05, 0) is 38.1 Å². The van der Waals surface area contributed by atoms with Crippen LogP contribution in [0.4, 0.5) is 5.82 Å². The molecule has 3 rings (SSSR count). The molecule has 0 spiro atoms. The van der Waals surface area contributed by atoms with Gasteiger partial charge >= 0.3 is 0 Å². The fourth-order valence-corrected chi connectivity index (χ4v) is 2.70. The standard InChI is InChI=1S/C16H20N4O2/c1-22-16(8-10-17-11-9-16)15(21)18-14-7-12-20(19-14)13-5-3-2-4-6-13/h2-7,12,17H,8-11H2,1H3,(H,18,19,21). The summed E-state index contributed by atoms with van der Waals surface area (Å²) in [5, 5.41) is 10.5. The molecule has 0 unspecified atom stereocenters. The van der Waals surface area contributed by atoms with Gasteiger partial charge in [0.1, 0.15) is 5.60 Å². The van der Waals surface area contributed by atoms with Gasteiger partial charge in [0.05, 0.1) is 5.69 Å². The van der Waals surface area contributed by atoms with E-state index in [-0.39, 0.29) is 5.91 Å². The molecular weight excluding hydrogens is 280 g/mol. The summed E-state index contributed by atoms with van der Waals surface area (Å²) >= 11 is 0. The smallest absolute Gasteiger partial charge is 0.257 e. The van der Waals surface area contributed by atoms with Crippen molar-refractivity contribution in [2.24, 2.45) is 0 Å². The Bertz CT molecular complexity index is 633. The van der Waals surface area contributed by atoms with E-state index in [1.807, 2.05) is 36.5 Å². The largest absolute Gasteiger partial charge is 0.368 e. The highest BCUT2D eigenvalue weighted by Gasteiger charge is 2.39. The molecule has 1 fully saturated rings. The minimum absolute atomic E-state index is 0.130. The molecule has 1 aliphatic rings. The molecular formula is C16H20N4O2. The molecule has 2 N–H and O–H groups in total. The second-order valence-corrected chi connectivity index (χ2v) is 5.38. The minimum atomic E-state index is -0.762. The van der Waals surface area contributed by atoms with Crippen LogP contribution in [0.2, 0.25) is 0 Å². The molecule has 1 aromatic heterocycles. The number of benzene rings is 1. The molecule has 0 bridgehead atoms. The van der Waals surface area contributed by atoms with Crippen molar-refractivity contribution in [1.82, 2.24) is 15.1 Å². The van der Waals surface area contributed by atoms with Crippen molar-refractivity contribution in [2.75, 3.05) is 25.5 Å². The quantitative estimate of drug-likeness (QED) is 0.899. The maximum atomic E-state index is 12.6. The first-order valence-corrected chi connectivity index (χ1v) is 7.42. The molecule has 6 nitrogen and oxygen atoms in total. The van der Waals surface area contributed by atoms with Crippen LogP contribution < -0.4 is 10.6 Å². The number of hydrogen-bond acceptors (Lipinski definition) is 4. The number of nitrogens with zero attached hydrogens (tertiary/aromatic N) is 2. The van der Waals surface area contributed by atoms with Crippen molar-refractivity contribution in [2.45, 2.75) is 18.4 Å². The predicted octanol–water partition coefficient (Wildman–Crippen LogP) is 1.58. The number of methoxy groups -OCH3 is 1. The summed E-state index contributed by atoms with van der Waals surface area (Å²) < 4.78 is 7.25. The van der Waals surface area contributed by atoms with Crippen LogP contribution >= 0.6 is 0 Å². The summed E-state index contributed by atoms with van der Waals surface area (Å²) in [7, 11) is 1.59. The molecule has 1 amide bonds. The van der Waals surface area contributed by atoms with Crippen molar-refractivity contribution in [3.63, 3.8) is 0 Å². The molecule has 22 heavy (non-hydrogen) atoms. The third-order valence-electron chi connectivity index (χ3n) is 4.07. The van der Waals surface area contributed by atoms with E-state index in [9.17, 15) is 4.79 Å². The average molecular weight is 300 g/mol. The number of para-hydroxylation sites is 1. The average Bonchev–Trinajstić information content (AvgIpc) is 3.05. The summed E-state index contributed by atoms with van der Waals surface area (Å²) in [5.74, 6) is 0.402. The van der Waals surface area contributed by atoms with Gasteiger partial charge in [0.25, 0.3) is 5.91 Å². The van der Waals surface area contributed by atoms with Gasteiger partial charge in [-0.15, -0.1) is 0 Å². The molecule has 1 saturated heterocycles. The molecule has 6 heteroatoms. The summed E-state index contributed by atoms with van der Waals surface area (Å²) in [4.78, 5) is 12.6. The van der Waals surface area contributed by atoms with Crippen LogP contribution in [0.25, 0.3) is 5.69 Å². The molecule has 0 aliphatic carbocycles. The number of aromatic nitrogens is 2.